The maximum Gasteiger partial charge on any atom is 0.271 e. The Hall–Kier alpha value is -3.68. The van der Waals surface area contributed by atoms with Gasteiger partial charge in [-0.15, -0.1) is 10.2 Å². The van der Waals surface area contributed by atoms with Gasteiger partial charge in [-0.25, -0.2) is 0 Å². The molecule has 0 bridgehead atoms. The molecule has 150 valence electrons. The van der Waals surface area contributed by atoms with Crippen molar-refractivity contribution in [2.45, 2.75) is 13.0 Å². The Morgan fingerprint density at radius 3 is 2.55 bits per heavy atom. The quantitative estimate of drug-likeness (QED) is 0.576. The van der Waals surface area contributed by atoms with E-state index < -0.39 is 0 Å². The summed E-state index contributed by atoms with van der Waals surface area (Å²) in [6.07, 6.45) is 4.16. The van der Waals surface area contributed by atoms with Gasteiger partial charge in [-0.2, -0.15) is 0 Å². The molecule has 0 aliphatic rings. The fraction of sp³-hybridized carbons (Fsp3) is 0.238. The van der Waals surface area contributed by atoms with E-state index in [0.29, 0.717) is 36.8 Å². The van der Waals surface area contributed by atoms with E-state index in [-0.39, 0.29) is 11.6 Å². The topological polar surface area (TPSA) is 98.3 Å². The van der Waals surface area contributed by atoms with Gasteiger partial charge in [0.05, 0.1) is 14.2 Å². The van der Waals surface area contributed by atoms with Crippen molar-refractivity contribution >= 4 is 11.7 Å². The van der Waals surface area contributed by atoms with Gasteiger partial charge in [0.15, 0.2) is 17.2 Å². The highest BCUT2D eigenvalue weighted by atomic mass is 16.5. The second-order valence-electron chi connectivity index (χ2n) is 6.21. The molecule has 8 nitrogen and oxygen atoms in total. The van der Waals surface area contributed by atoms with Crippen molar-refractivity contribution in [3.8, 4) is 11.5 Å². The van der Waals surface area contributed by atoms with E-state index in [2.05, 4.69) is 25.8 Å². The van der Waals surface area contributed by atoms with Crippen LogP contribution in [0.1, 0.15) is 21.6 Å². The van der Waals surface area contributed by atoms with Crippen molar-refractivity contribution < 1.29 is 14.3 Å². The average Bonchev–Trinajstić information content (AvgIpc) is 2.78. The zero-order valence-electron chi connectivity index (χ0n) is 16.4. The lowest BCUT2D eigenvalue weighted by Gasteiger charge is -2.10. The summed E-state index contributed by atoms with van der Waals surface area (Å²) in [6.45, 7) is 1.05. The average molecular weight is 393 g/mol. The smallest absolute Gasteiger partial charge is 0.271 e. The molecule has 2 aromatic heterocycles. The molecule has 2 heterocycles. The van der Waals surface area contributed by atoms with Crippen LogP contribution in [0.5, 0.6) is 11.5 Å². The van der Waals surface area contributed by atoms with Crippen molar-refractivity contribution in [2.75, 3.05) is 26.1 Å². The summed E-state index contributed by atoms with van der Waals surface area (Å²) in [7, 11) is 3.19. The number of anilines is 1. The van der Waals surface area contributed by atoms with E-state index in [1.54, 1.807) is 38.7 Å². The number of nitrogens with zero attached hydrogens (tertiary/aromatic N) is 3. The first-order chi connectivity index (χ1) is 14.2. The Morgan fingerprint density at radius 1 is 1.00 bits per heavy atom. The second kappa shape index (κ2) is 10.0. The summed E-state index contributed by atoms with van der Waals surface area (Å²) in [6, 6.07) is 12.9. The number of nitrogens with one attached hydrogen (secondary N) is 2. The molecule has 0 saturated heterocycles. The van der Waals surface area contributed by atoms with Gasteiger partial charge in [-0.05, 0) is 47.9 Å². The second-order valence-corrected chi connectivity index (χ2v) is 6.21. The van der Waals surface area contributed by atoms with Gasteiger partial charge in [-0.3, -0.25) is 9.78 Å². The summed E-state index contributed by atoms with van der Waals surface area (Å²) in [5.41, 5.74) is 2.33. The highest BCUT2D eigenvalue weighted by Crippen LogP contribution is 2.27. The lowest BCUT2D eigenvalue weighted by Crippen LogP contribution is -2.26. The van der Waals surface area contributed by atoms with Gasteiger partial charge in [-0.1, -0.05) is 12.1 Å². The molecule has 1 amide bonds. The Morgan fingerprint density at radius 2 is 1.86 bits per heavy atom. The monoisotopic (exact) mass is 393 g/mol. The third kappa shape index (κ3) is 5.65. The van der Waals surface area contributed by atoms with E-state index in [1.807, 2.05) is 30.3 Å². The van der Waals surface area contributed by atoms with Gasteiger partial charge < -0.3 is 20.1 Å². The van der Waals surface area contributed by atoms with Crippen LogP contribution in [0, 0.1) is 0 Å². The zero-order valence-corrected chi connectivity index (χ0v) is 16.4. The highest BCUT2D eigenvalue weighted by molar-refractivity contribution is 5.92. The summed E-state index contributed by atoms with van der Waals surface area (Å²) in [5, 5.41) is 14.0. The number of amides is 1. The third-order valence-corrected chi connectivity index (χ3v) is 4.24. The van der Waals surface area contributed by atoms with Gasteiger partial charge in [0.2, 0.25) is 0 Å². The number of benzene rings is 1. The van der Waals surface area contributed by atoms with E-state index in [9.17, 15) is 4.79 Å². The fourth-order valence-corrected chi connectivity index (χ4v) is 2.69. The Bertz CT molecular complexity index is 933. The first-order valence-electron chi connectivity index (χ1n) is 9.15. The van der Waals surface area contributed by atoms with Crippen molar-refractivity contribution in [3.63, 3.8) is 0 Å². The predicted octanol–water partition coefficient (Wildman–Crippen LogP) is 2.47. The van der Waals surface area contributed by atoms with Crippen LogP contribution < -0.4 is 20.1 Å². The summed E-state index contributed by atoms with van der Waals surface area (Å²) < 4.78 is 10.5. The van der Waals surface area contributed by atoms with Crippen molar-refractivity contribution in [1.29, 1.82) is 0 Å². The van der Waals surface area contributed by atoms with Crippen LogP contribution in [0.15, 0.2) is 54.9 Å². The number of carbonyl (C=O) groups excluding carboxylic acids is 1. The number of hydrogen-bond acceptors (Lipinski definition) is 7. The first kappa shape index (κ1) is 20.1. The molecule has 8 heteroatoms. The van der Waals surface area contributed by atoms with Gasteiger partial charge in [0, 0.05) is 25.5 Å². The van der Waals surface area contributed by atoms with Crippen molar-refractivity contribution in [2.24, 2.45) is 0 Å². The molecule has 0 fully saturated rings. The minimum absolute atomic E-state index is 0.267. The predicted molar refractivity (Wildman–Crippen MR) is 109 cm³/mol. The molecule has 0 unspecified atom stereocenters. The maximum absolute atomic E-state index is 12.3. The van der Waals surface area contributed by atoms with Crippen LogP contribution in [0.3, 0.4) is 0 Å². The molecule has 1 aromatic carbocycles. The number of carbonyl (C=O) groups is 1. The minimum atomic E-state index is -0.267. The molecule has 2 N–H and O–H groups in total. The van der Waals surface area contributed by atoms with Crippen molar-refractivity contribution in [3.05, 3.63) is 71.7 Å². The van der Waals surface area contributed by atoms with Gasteiger partial charge in [0.1, 0.15) is 5.82 Å². The molecule has 0 saturated carbocycles. The summed E-state index contributed by atoms with van der Waals surface area (Å²) in [5.74, 6) is 1.66. The largest absolute Gasteiger partial charge is 0.493 e. The van der Waals surface area contributed by atoms with Gasteiger partial charge >= 0.3 is 0 Å². The molecule has 0 spiro atoms. The minimum Gasteiger partial charge on any atom is -0.493 e. The fourth-order valence-electron chi connectivity index (χ4n) is 2.69. The van der Waals surface area contributed by atoms with Crippen LogP contribution in [0.4, 0.5) is 5.82 Å². The van der Waals surface area contributed by atoms with E-state index in [4.69, 9.17) is 9.47 Å². The standard InChI is InChI=1S/C21H23N5O3/c1-28-18-7-5-15(12-19(18)29-2)9-11-23-21(27)17-6-8-20(26-25-17)24-14-16-4-3-10-22-13-16/h3-8,10,12-13H,9,11,14H2,1-2H3,(H,23,27)(H,24,26). The number of hydrogen-bond donors (Lipinski definition) is 2. The SMILES string of the molecule is COc1ccc(CCNC(=O)c2ccc(NCc3cccnc3)nn2)cc1OC. The number of rotatable bonds is 9. The van der Waals surface area contributed by atoms with E-state index in [0.717, 1.165) is 11.1 Å². The Balaban J connectivity index is 1.48. The van der Waals surface area contributed by atoms with Crippen LogP contribution in [0.25, 0.3) is 0 Å². The normalized spacial score (nSPS) is 10.3. The van der Waals surface area contributed by atoms with Crippen LogP contribution in [-0.2, 0) is 13.0 Å². The van der Waals surface area contributed by atoms with Gasteiger partial charge in [0.25, 0.3) is 5.91 Å². The number of ether oxygens (including phenoxy) is 2. The molecular formula is C21H23N5O3. The molecule has 3 aromatic rings. The maximum atomic E-state index is 12.3. The highest BCUT2D eigenvalue weighted by Gasteiger charge is 2.09. The lowest BCUT2D eigenvalue weighted by molar-refractivity contribution is 0.0948. The first-order valence-corrected chi connectivity index (χ1v) is 9.15. The number of methoxy groups -OCH3 is 2. The van der Waals surface area contributed by atoms with E-state index in [1.165, 1.54) is 0 Å². The van der Waals surface area contributed by atoms with Crippen LogP contribution in [-0.4, -0.2) is 41.9 Å². The number of pyridine rings is 1. The number of aromatic nitrogens is 3. The molecule has 0 aliphatic carbocycles. The van der Waals surface area contributed by atoms with Crippen LogP contribution >= 0.6 is 0 Å². The van der Waals surface area contributed by atoms with E-state index >= 15 is 0 Å². The molecular weight excluding hydrogens is 370 g/mol. The Kier molecular flexibility index (Phi) is 6.94. The molecule has 3 rings (SSSR count). The lowest BCUT2D eigenvalue weighted by atomic mass is 10.1. The molecule has 0 aliphatic heterocycles. The molecule has 0 radical (unpaired) electrons. The zero-order chi connectivity index (χ0) is 20.5. The summed E-state index contributed by atoms with van der Waals surface area (Å²) in [4.78, 5) is 16.3. The molecule has 29 heavy (non-hydrogen) atoms. The molecule has 0 atom stereocenters. The van der Waals surface area contributed by atoms with Crippen LogP contribution in [0.2, 0.25) is 0 Å². The third-order valence-electron chi connectivity index (χ3n) is 4.24. The Labute approximate surface area is 169 Å². The van der Waals surface area contributed by atoms with Crippen molar-refractivity contribution in [1.82, 2.24) is 20.5 Å². The summed E-state index contributed by atoms with van der Waals surface area (Å²) >= 11 is 0.